The second-order valence-electron chi connectivity index (χ2n) is 3.33. The Labute approximate surface area is 97.8 Å². The molecule has 0 atom stereocenters. The molecule has 3 N–H and O–H groups in total. The van der Waals surface area contributed by atoms with E-state index in [-0.39, 0.29) is 5.95 Å². The van der Waals surface area contributed by atoms with Crippen molar-refractivity contribution in [3.8, 4) is 0 Å². The Kier molecular flexibility index (Phi) is 3.31. The summed E-state index contributed by atoms with van der Waals surface area (Å²) in [6, 6.07) is 1.79. The molecule has 0 amide bonds. The molecule has 0 spiro atoms. The summed E-state index contributed by atoms with van der Waals surface area (Å²) in [5.74, 6) is 1.04. The van der Waals surface area contributed by atoms with Crippen LogP contribution in [0.4, 0.5) is 11.8 Å². The van der Waals surface area contributed by atoms with E-state index in [0.717, 1.165) is 29.5 Å². The third-order valence-corrected chi connectivity index (χ3v) is 2.85. The lowest BCUT2D eigenvalue weighted by atomic mass is 10.3. The van der Waals surface area contributed by atoms with Gasteiger partial charge in [0.2, 0.25) is 5.95 Å². The number of nitrogens with zero attached hydrogens (tertiary/aromatic N) is 3. The van der Waals surface area contributed by atoms with Gasteiger partial charge in [-0.15, -0.1) is 11.3 Å². The van der Waals surface area contributed by atoms with Gasteiger partial charge in [0.05, 0.1) is 10.7 Å². The topological polar surface area (TPSA) is 76.7 Å². The fourth-order valence-corrected chi connectivity index (χ4v) is 1.96. The first-order valence-corrected chi connectivity index (χ1v) is 5.85. The molecular formula is C10H13N5S. The molecule has 16 heavy (non-hydrogen) atoms. The van der Waals surface area contributed by atoms with E-state index in [1.54, 1.807) is 23.6 Å². The summed E-state index contributed by atoms with van der Waals surface area (Å²) in [5, 5.41) is 6.35. The van der Waals surface area contributed by atoms with Crippen LogP contribution in [0, 0.1) is 6.92 Å². The van der Waals surface area contributed by atoms with Crippen LogP contribution in [0.3, 0.4) is 0 Å². The summed E-state index contributed by atoms with van der Waals surface area (Å²) in [6.45, 7) is 2.80. The van der Waals surface area contributed by atoms with Gasteiger partial charge in [0.15, 0.2) is 0 Å². The molecule has 0 fully saturated rings. The molecule has 0 aliphatic rings. The second kappa shape index (κ2) is 4.89. The van der Waals surface area contributed by atoms with Crippen LogP contribution < -0.4 is 11.1 Å². The Morgan fingerprint density at radius 2 is 2.31 bits per heavy atom. The molecule has 5 nitrogen and oxygen atoms in total. The summed E-state index contributed by atoms with van der Waals surface area (Å²) in [5.41, 5.74) is 6.58. The maximum absolute atomic E-state index is 5.47. The number of aryl methyl sites for hydroxylation is 1. The standard InChI is InChI=1S/C10H13N5S/c1-7-14-8(6-16-7)2-4-12-9-3-5-13-10(11)15-9/h3,5-6H,2,4H2,1H3,(H3,11,12,13,15). The highest BCUT2D eigenvalue weighted by molar-refractivity contribution is 7.09. The molecule has 0 saturated carbocycles. The maximum atomic E-state index is 5.47. The fraction of sp³-hybridized carbons (Fsp3) is 0.300. The first-order chi connectivity index (χ1) is 7.74. The van der Waals surface area contributed by atoms with Crippen LogP contribution >= 0.6 is 11.3 Å². The summed E-state index contributed by atoms with van der Waals surface area (Å²) in [7, 11) is 0. The van der Waals surface area contributed by atoms with Gasteiger partial charge in [-0.1, -0.05) is 0 Å². The highest BCUT2D eigenvalue weighted by Crippen LogP contribution is 2.09. The van der Waals surface area contributed by atoms with Crippen molar-refractivity contribution in [2.45, 2.75) is 13.3 Å². The molecule has 0 aliphatic carbocycles. The number of thiazole rings is 1. The predicted molar refractivity (Wildman–Crippen MR) is 65.5 cm³/mol. The number of nitrogens with one attached hydrogen (secondary N) is 1. The van der Waals surface area contributed by atoms with E-state index in [4.69, 9.17) is 5.73 Å². The summed E-state index contributed by atoms with van der Waals surface area (Å²) >= 11 is 1.67. The van der Waals surface area contributed by atoms with Gasteiger partial charge in [0.25, 0.3) is 0 Å². The molecule has 2 rings (SSSR count). The molecule has 2 heterocycles. The Morgan fingerprint density at radius 3 is 3.00 bits per heavy atom. The van der Waals surface area contributed by atoms with E-state index >= 15 is 0 Å². The molecule has 2 aromatic rings. The van der Waals surface area contributed by atoms with Crippen molar-refractivity contribution < 1.29 is 0 Å². The third-order valence-electron chi connectivity index (χ3n) is 2.03. The first-order valence-electron chi connectivity index (χ1n) is 4.97. The number of anilines is 2. The van der Waals surface area contributed by atoms with E-state index in [9.17, 15) is 0 Å². The van der Waals surface area contributed by atoms with Gasteiger partial charge in [0, 0.05) is 24.5 Å². The summed E-state index contributed by atoms with van der Waals surface area (Å²) in [6.07, 6.45) is 2.52. The van der Waals surface area contributed by atoms with Gasteiger partial charge in [-0.05, 0) is 13.0 Å². The monoisotopic (exact) mass is 235 g/mol. The average Bonchev–Trinajstić information content (AvgIpc) is 2.64. The van der Waals surface area contributed by atoms with E-state index < -0.39 is 0 Å². The van der Waals surface area contributed by atoms with Crippen molar-refractivity contribution in [3.63, 3.8) is 0 Å². The first kappa shape index (κ1) is 10.8. The minimum Gasteiger partial charge on any atom is -0.370 e. The SMILES string of the molecule is Cc1nc(CCNc2ccnc(N)n2)cs1. The molecule has 0 radical (unpaired) electrons. The smallest absolute Gasteiger partial charge is 0.221 e. The van der Waals surface area contributed by atoms with Crippen molar-refractivity contribution >= 4 is 23.1 Å². The molecule has 0 unspecified atom stereocenters. The second-order valence-corrected chi connectivity index (χ2v) is 4.40. The maximum Gasteiger partial charge on any atom is 0.221 e. The van der Waals surface area contributed by atoms with Crippen LogP contribution in [0.5, 0.6) is 0 Å². The van der Waals surface area contributed by atoms with Gasteiger partial charge in [-0.3, -0.25) is 0 Å². The quantitative estimate of drug-likeness (QED) is 0.839. The number of nitrogens with two attached hydrogens (primary N) is 1. The highest BCUT2D eigenvalue weighted by atomic mass is 32.1. The minimum atomic E-state index is 0.287. The van der Waals surface area contributed by atoms with Crippen LogP contribution in [0.2, 0.25) is 0 Å². The fourth-order valence-electron chi connectivity index (χ4n) is 1.31. The number of nitrogen functional groups attached to an aromatic ring is 1. The Morgan fingerprint density at radius 1 is 1.44 bits per heavy atom. The zero-order chi connectivity index (χ0) is 11.4. The van der Waals surface area contributed by atoms with E-state index in [0.29, 0.717) is 0 Å². The predicted octanol–water partition coefficient (Wildman–Crippen LogP) is 1.48. The van der Waals surface area contributed by atoms with E-state index in [1.165, 1.54) is 0 Å². The zero-order valence-electron chi connectivity index (χ0n) is 8.97. The van der Waals surface area contributed by atoms with Crippen LogP contribution in [0.25, 0.3) is 0 Å². The lowest BCUT2D eigenvalue weighted by molar-refractivity contribution is 0.958. The number of aromatic nitrogens is 3. The average molecular weight is 235 g/mol. The molecule has 0 aliphatic heterocycles. The van der Waals surface area contributed by atoms with Crippen molar-refractivity contribution in [1.82, 2.24) is 15.0 Å². The zero-order valence-corrected chi connectivity index (χ0v) is 9.79. The molecule has 0 saturated heterocycles. The molecule has 84 valence electrons. The van der Waals surface area contributed by atoms with Crippen LogP contribution in [-0.4, -0.2) is 21.5 Å². The number of hydrogen-bond donors (Lipinski definition) is 2. The van der Waals surface area contributed by atoms with Crippen molar-refractivity contribution in [2.75, 3.05) is 17.6 Å². The van der Waals surface area contributed by atoms with Crippen molar-refractivity contribution in [1.29, 1.82) is 0 Å². The molecule has 2 aromatic heterocycles. The van der Waals surface area contributed by atoms with Gasteiger partial charge in [-0.2, -0.15) is 4.98 Å². The third kappa shape index (κ3) is 2.90. The molecule has 6 heteroatoms. The van der Waals surface area contributed by atoms with E-state index in [2.05, 4.69) is 25.6 Å². The lowest BCUT2D eigenvalue weighted by Crippen LogP contribution is -2.07. The van der Waals surface area contributed by atoms with Gasteiger partial charge in [-0.25, -0.2) is 9.97 Å². The van der Waals surface area contributed by atoms with Crippen LogP contribution in [-0.2, 0) is 6.42 Å². The normalized spacial score (nSPS) is 10.3. The highest BCUT2D eigenvalue weighted by Gasteiger charge is 1.99. The molecule has 0 bridgehead atoms. The summed E-state index contributed by atoms with van der Waals surface area (Å²) in [4.78, 5) is 12.3. The van der Waals surface area contributed by atoms with Gasteiger partial charge >= 0.3 is 0 Å². The molecule has 0 aromatic carbocycles. The van der Waals surface area contributed by atoms with Crippen molar-refractivity contribution in [3.05, 3.63) is 28.3 Å². The van der Waals surface area contributed by atoms with E-state index in [1.807, 2.05) is 6.92 Å². The molecular weight excluding hydrogens is 222 g/mol. The Balaban J connectivity index is 1.84. The number of rotatable bonds is 4. The minimum absolute atomic E-state index is 0.287. The Hall–Kier alpha value is -1.69. The van der Waals surface area contributed by atoms with Gasteiger partial charge < -0.3 is 11.1 Å². The lowest BCUT2D eigenvalue weighted by Gasteiger charge is -2.03. The van der Waals surface area contributed by atoms with Gasteiger partial charge in [0.1, 0.15) is 5.82 Å². The van der Waals surface area contributed by atoms with Crippen LogP contribution in [0.15, 0.2) is 17.6 Å². The summed E-state index contributed by atoms with van der Waals surface area (Å²) < 4.78 is 0. The Bertz CT molecular complexity index is 468. The van der Waals surface area contributed by atoms with Crippen molar-refractivity contribution in [2.24, 2.45) is 0 Å². The largest absolute Gasteiger partial charge is 0.370 e. The number of hydrogen-bond acceptors (Lipinski definition) is 6. The van der Waals surface area contributed by atoms with Crippen LogP contribution in [0.1, 0.15) is 10.7 Å².